The number of rotatable bonds is 2. The summed E-state index contributed by atoms with van der Waals surface area (Å²) < 4.78 is 0. The lowest BCUT2D eigenvalue weighted by Crippen LogP contribution is -2.42. The van der Waals surface area contributed by atoms with E-state index in [1.807, 2.05) is 26.8 Å². The Bertz CT molecular complexity index is 524. The van der Waals surface area contributed by atoms with Gasteiger partial charge in [0.15, 0.2) is 11.9 Å². The smallest absolute Gasteiger partial charge is 0.195 e. The maximum atomic E-state index is 5.79. The molecule has 0 amide bonds. The summed E-state index contributed by atoms with van der Waals surface area (Å²) in [5.41, 5.74) is 14.9. The fourth-order valence-electron chi connectivity index (χ4n) is 1.64. The van der Waals surface area contributed by atoms with Crippen LogP contribution in [0.1, 0.15) is 37.5 Å². The van der Waals surface area contributed by atoms with Gasteiger partial charge in [-0.15, -0.1) is 0 Å². The van der Waals surface area contributed by atoms with Gasteiger partial charge in [0.05, 0.1) is 12.1 Å². The van der Waals surface area contributed by atoms with Crippen LogP contribution in [0.15, 0.2) is 28.2 Å². The van der Waals surface area contributed by atoms with E-state index >= 15 is 0 Å². The Morgan fingerprint density at radius 3 is 2.30 bits per heavy atom. The Morgan fingerprint density at radius 1 is 1.10 bits per heavy atom. The molecule has 110 valence electrons. The third-order valence-corrected chi connectivity index (χ3v) is 2.72. The highest BCUT2D eigenvalue weighted by atomic mass is 15.2. The molecule has 0 aliphatic rings. The first-order valence-corrected chi connectivity index (χ1v) is 6.66. The molecule has 0 fully saturated rings. The van der Waals surface area contributed by atoms with Crippen LogP contribution in [-0.2, 0) is 6.54 Å². The molecule has 5 heteroatoms. The monoisotopic (exact) mass is 275 g/mol. The fourth-order valence-corrected chi connectivity index (χ4v) is 1.64. The van der Waals surface area contributed by atoms with E-state index in [-0.39, 0.29) is 17.5 Å². The Kier molecular flexibility index (Phi) is 5.13. The topological polar surface area (TPSA) is 88.8 Å². The van der Waals surface area contributed by atoms with E-state index in [9.17, 15) is 0 Å². The average Bonchev–Trinajstić information content (AvgIpc) is 2.28. The van der Waals surface area contributed by atoms with Gasteiger partial charge in [-0.05, 0) is 51.3 Å². The Balaban J connectivity index is 2.66. The van der Waals surface area contributed by atoms with Crippen molar-refractivity contribution in [1.29, 1.82) is 0 Å². The molecule has 1 rings (SSSR count). The van der Waals surface area contributed by atoms with Crippen molar-refractivity contribution in [2.24, 2.45) is 21.5 Å². The number of benzene rings is 1. The van der Waals surface area contributed by atoms with Gasteiger partial charge in [0.2, 0.25) is 0 Å². The van der Waals surface area contributed by atoms with E-state index in [2.05, 4.69) is 41.3 Å². The van der Waals surface area contributed by atoms with Gasteiger partial charge < -0.3 is 11.5 Å². The number of hydrogen-bond donors (Lipinski definition) is 3. The maximum Gasteiger partial charge on any atom is 0.195 e. The Hall–Kier alpha value is -2.04. The van der Waals surface area contributed by atoms with Gasteiger partial charge in [-0.2, -0.15) is 0 Å². The van der Waals surface area contributed by atoms with E-state index in [4.69, 9.17) is 11.5 Å². The summed E-state index contributed by atoms with van der Waals surface area (Å²) in [6.45, 7) is 10.6. The zero-order valence-electron chi connectivity index (χ0n) is 13.0. The first-order chi connectivity index (χ1) is 9.17. The van der Waals surface area contributed by atoms with Crippen molar-refractivity contribution in [2.75, 3.05) is 0 Å². The summed E-state index contributed by atoms with van der Waals surface area (Å²) in [6, 6.07) is 6.24. The molecule has 20 heavy (non-hydrogen) atoms. The molecule has 0 bridgehead atoms. The second-order valence-corrected chi connectivity index (χ2v) is 5.91. The molecular weight excluding hydrogens is 250 g/mol. The summed E-state index contributed by atoms with van der Waals surface area (Å²) in [5.74, 6) is 0.549. The van der Waals surface area contributed by atoms with Gasteiger partial charge in [-0.1, -0.05) is 18.2 Å². The zero-order valence-corrected chi connectivity index (χ0v) is 13.0. The van der Waals surface area contributed by atoms with Crippen molar-refractivity contribution in [3.8, 4) is 0 Å². The van der Waals surface area contributed by atoms with Crippen molar-refractivity contribution in [2.45, 2.75) is 46.7 Å². The van der Waals surface area contributed by atoms with E-state index in [1.165, 1.54) is 11.1 Å². The van der Waals surface area contributed by atoms with Gasteiger partial charge in [0.1, 0.15) is 0 Å². The van der Waals surface area contributed by atoms with Gasteiger partial charge in [0, 0.05) is 0 Å². The third kappa shape index (κ3) is 5.73. The SMILES string of the molecule is Cc1ccc(CN=C(N)NC(N)=NC(C)(C)C)cc1C. The average molecular weight is 275 g/mol. The van der Waals surface area contributed by atoms with Gasteiger partial charge in [-0.3, -0.25) is 5.32 Å². The van der Waals surface area contributed by atoms with Crippen LogP contribution in [0.5, 0.6) is 0 Å². The Morgan fingerprint density at radius 2 is 1.75 bits per heavy atom. The highest BCUT2D eigenvalue weighted by Gasteiger charge is 2.08. The summed E-state index contributed by atoms with van der Waals surface area (Å²) in [7, 11) is 0. The molecule has 0 spiro atoms. The molecule has 5 N–H and O–H groups in total. The second kappa shape index (κ2) is 6.41. The minimum Gasteiger partial charge on any atom is -0.370 e. The normalized spacial score (nSPS) is 13.4. The predicted molar refractivity (Wildman–Crippen MR) is 85.8 cm³/mol. The highest BCUT2D eigenvalue weighted by Crippen LogP contribution is 2.10. The molecular formula is C15H25N5. The van der Waals surface area contributed by atoms with E-state index in [0.717, 1.165) is 5.56 Å². The summed E-state index contributed by atoms with van der Waals surface area (Å²) in [4.78, 5) is 8.51. The van der Waals surface area contributed by atoms with Crippen LogP contribution in [0.25, 0.3) is 0 Å². The van der Waals surface area contributed by atoms with Gasteiger partial charge in [0.25, 0.3) is 0 Å². The molecule has 1 aromatic rings. The molecule has 5 nitrogen and oxygen atoms in total. The molecule has 0 saturated heterocycles. The molecule has 0 unspecified atom stereocenters. The molecule has 1 aromatic carbocycles. The number of hydrogen-bond acceptors (Lipinski definition) is 2. The molecule has 0 atom stereocenters. The summed E-state index contributed by atoms with van der Waals surface area (Å²) >= 11 is 0. The highest BCUT2D eigenvalue weighted by molar-refractivity contribution is 5.97. The van der Waals surface area contributed by atoms with Crippen molar-refractivity contribution < 1.29 is 0 Å². The van der Waals surface area contributed by atoms with Gasteiger partial charge >= 0.3 is 0 Å². The minimum atomic E-state index is -0.245. The zero-order chi connectivity index (χ0) is 15.3. The Labute approximate surface area is 121 Å². The predicted octanol–water partition coefficient (Wildman–Crippen LogP) is 1.82. The molecule has 0 aromatic heterocycles. The fraction of sp³-hybridized carbons (Fsp3) is 0.467. The van der Waals surface area contributed by atoms with Crippen LogP contribution in [0.2, 0.25) is 0 Å². The van der Waals surface area contributed by atoms with Crippen molar-refractivity contribution in [3.05, 3.63) is 34.9 Å². The van der Waals surface area contributed by atoms with Crippen LogP contribution in [0.4, 0.5) is 0 Å². The first kappa shape index (κ1) is 16.0. The molecule has 0 saturated carbocycles. The number of aryl methyl sites for hydroxylation is 2. The van der Waals surface area contributed by atoms with E-state index in [0.29, 0.717) is 6.54 Å². The second-order valence-electron chi connectivity index (χ2n) is 5.91. The minimum absolute atomic E-state index is 0.245. The largest absolute Gasteiger partial charge is 0.370 e. The molecule has 0 heterocycles. The summed E-state index contributed by atoms with van der Waals surface area (Å²) in [6.07, 6.45) is 0. The van der Waals surface area contributed by atoms with Crippen molar-refractivity contribution in [3.63, 3.8) is 0 Å². The van der Waals surface area contributed by atoms with Crippen LogP contribution in [0.3, 0.4) is 0 Å². The van der Waals surface area contributed by atoms with E-state index < -0.39 is 0 Å². The standard InChI is InChI=1S/C15H25N5/c1-10-6-7-12(8-11(10)2)9-18-13(16)19-14(17)20-15(3,4)5/h6-8H,9H2,1-5H3,(H5,16,17,18,19,20). The number of guanidine groups is 2. The van der Waals surface area contributed by atoms with Gasteiger partial charge in [-0.25, -0.2) is 9.98 Å². The van der Waals surface area contributed by atoms with Crippen LogP contribution in [-0.4, -0.2) is 17.5 Å². The maximum absolute atomic E-state index is 5.79. The lowest BCUT2D eigenvalue weighted by atomic mass is 10.1. The molecule has 0 radical (unpaired) electrons. The molecule has 0 aliphatic heterocycles. The van der Waals surface area contributed by atoms with Crippen LogP contribution in [0, 0.1) is 13.8 Å². The molecule has 0 aliphatic carbocycles. The van der Waals surface area contributed by atoms with E-state index in [1.54, 1.807) is 0 Å². The number of nitrogens with one attached hydrogen (secondary N) is 1. The number of nitrogens with two attached hydrogens (primary N) is 2. The summed E-state index contributed by atoms with van der Waals surface area (Å²) in [5, 5.41) is 2.79. The lowest BCUT2D eigenvalue weighted by molar-refractivity contribution is 0.581. The number of nitrogens with zero attached hydrogens (tertiary/aromatic N) is 2. The van der Waals surface area contributed by atoms with Crippen LogP contribution >= 0.6 is 0 Å². The quantitative estimate of drug-likeness (QED) is 0.568. The van der Waals surface area contributed by atoms with Crippen LogP contribution < -0.4 is 16.8 Å². The number of aliphatic imine (C=N–C) groups is 2. The lowest BCUT2D eigenvalue weighted by Gasteiger charge is -2.14. The third-order valence-electron chi connectivity index (χ3n) is 2.72. The van der Waals surface area contributed by atoms with Crippen molar-refractivity contribution in [1.82, 2.24) is 5.32 Å². The first-order valence-electron chi connectivity index (χ1n) is 6.66. The van der Waals surface area contributed by atoms with Crippen molar-refractivity contribution >= 4 is 11.9 Å².